The standard InChI is InChI=1S/C18H25NO3/c1-22-15-7-5-14(6-8-15)12-17-16-4-2-3-9-18(16,21)10-11-19(17)13-20/h5-8,13,16-17,21H,2-4,9-12H2,1H3. The van der Waals surface area contributed by atoms with E-state index in [0.717, 1.165) is 50.7 Å². The fraction of sp³-hybridized carbons (Fsp3) is 0.611. The molecule has 3 atom stereocenters. The number of benzene rings is 1. The Bertz CT molecular complexity index is 516. The highest BCUT2D eigenvalue weighted by atomic mass is 16.5. The van der Waals surface area contributed by atoms with E-state index in [0.29, 0.717) is 6.54 Å². The summed E-state index contributed by atoms with van der Waals surface area (Å²) in [6, 6.07) is 8.12. The summed E-state index contributed by atoms with van der Waals surface area (Å²) >= 11 is 0. The highest BCUT2D eigenvalue weighted by Gasteiger charge is 2.48. The van der Waals surface area contributed by atoms with E-state index < -0.39 is 5.60 Å². The number of rotatable bonds is 4. The molecule has 3 rings (SSSR count). The number of likely N-dealkylation sites (tertiary alicyclic amines) is 1. The lowest BCUT2D eigenvalue weighted by Crippen LogP contribution is -2.59. The third kappa shape index (κ3) is 2.84. The second kappa shape index (κ2) is 6.29. The number of piperidine rings is 1. The van der Waals surface area contributed by atoms with Crippen molar-refractivity contribution in [2.45, 2.75) is 50.2 Å². The molecule has 3 unspecified atom stereocenters. The molecule has 22 heavy (non-hydrogen) atoms. The van der Waals surface area contributed by atoms with E-state index in [1.807, 2.05) is 17.0 Å². The molecule has 1 saturated carbocycles. The third-order valence-corrected chi connectivity index (χ3v) is 5.50. The van der Waals surface area contributed by atoms with Crippen LogP contribution in [0.2, 0.25) is 0 Å². The van der Waals surface area contributed by atoms with Crippen molar-refractivity contribution in [2.75, 3.05) is 13.7 Å². The molecule has 0 spiro atoms. The monoisotopic (exact) mass is 303 g/mol. The first kappa shape index (κ1) is 15.3. The van der Waals surface area contributed by atoms with Gasteiger partial charge >= 0.3 is 0 Å². The summed E-state index contributed by atoms with van der Waals surface area (Å²) in [5.74, 6) is 1.04. The number of hydrogen-bond donors (Lipinski definition) is 1. The summed E-state index contributed by atoms with van der Waals surface area (Å²) in [4.78, 5) is 13.4. The van der Waals surface area contributed by atoms with Crippen molar-refractivity contribution in [3.8, 4) is 5.75 Å². The van der Waals surface area contributed by atoms with E-state index in [1.54, 1.807) is 7.11 Å². The number of ether oxygens (including phenoxy) is 1. The van der Waals surface area contributed by atoms with Crippen LogP contribution in [0.25, 0.3) is 0 Å². The Hall–Kier alpha value is -1.55. The Kier molecular flexibility index (Phi) is 4.39. The van der Waals surface area contributed by atoms with Crippen molar-refractivity contribution in [1.29, 1.82) is 0 Å². The molecule has 1 heterocycles. The van der Waals surface area contributed by atoms with E-state index in [2.05, 4.69) is 12.1 Å². The van der Waals surface area contributed by atoms with Gasteiger partial charge in [0.15, 0.2) is 0 Å². The first-order chi connectivity index (χ1) is 10.7. The lowest BCUT2D eigenvalue weighted by molar-refractivity contribution is -0.143. The van der Waals surface area contributed by atoms with Crippen LogP contribution in [-0.4, -0.2) is 41.7 Å². The summed E-state index contributed by atoms with van der Waals surface area (Å²) in [7, 11) is 1.66. The van der Waals surface area contributed by atoms with Crippen LogP contribution in [-0.2, 0) is 11.2 Å². The zero-order chi connectivity index (χ0) is 15.6. The van der Waals surface area contributed by atoms with E-state index >= 15 is 0 Å². The number of amides is 1. The fourth-order valence-corrected chi connectivity index (χ4v) is 4.22. The summed E-state index contributed by atoms with van der Waals surface area (Å²) in [5.41, 5.74) is 0.613. The van der Waals surface area contributed by atoms with E-state index in [1.165, 1.54) is 5.56 Å². The molecule has 2 aliphatic rings. The maximum absolute atomic E-state index is 11.5. The molecule has 120 valence electrons. The van der Waals surface area contributed by atoms with Gasteiger partial charge in [-0.25, -0.2) is 0 Å². The molecule has 2 fully saturated rings. The summed E-state index contributed by atoms with van der Waals surface area (Å²) in [6.45, 7) is 0.664. The topological polar surface area (TPSA) is 49.8 Å². The van der Waals surface area contributed by atoms with Crippen LogP contribution in [0.1, 0.15) is 37.7 Å². The molecule has 0 aromatic heterocycles. The molecule has 1 amide bonds. The first-order valence-electron chi connectivity index (χ1n) is 8.22. The number of carbonyl (C=O) groups is 1. The van der Waals surface area contributed by atoms with Gasteiger partial charge in [0.25, 0.3) is 0 Å². The van der Waals surface area contributed by atoms with Gasteiger partial charge in [-0.2, -0.15) is 0 Å². The van der Waals surface area contributed by atoms with E-state index in [9.17, 15) is 9.90 Å². The minimum Gasteiger partial charge on any atom is -0.497 e. The fourth-order valence-electron chi connectivity index (χ4n) is 4.22. The van der Waals surface area contributed by atoms with Gasteiger partial charge in [-0.3, -0.25) is 4.79 Å². The molecule has 1 saturated heterocycles. The molecule has 1 N–H and O–H groups in total. The van der Waals surface area contributed by atoms with Gasteiger partial charge in [0, 0.05) is 18.5 Å². The van der Waals surface area contributed by atoms with Crippen LogP contribution in [0.15, 0.2) is 24.3 Å². The molecule has 1 aromatic carbocycles. The summed E-state index contributed by atoms with van der Waals surface area (Å²) < 4.78 is 5.20. The SMILES string of the molecule is COc1ccc(CC2C3CCCCC3(O)CCN2C=O)cc1. The Morgan fingerprint density at radius 2 is 2.09 bits per heavy atom. The van der Waals surface area contributed by atoms with Crippen LogP contribution >= 0.6 is 0 Å². The average molecular weight is 303 g/mol. The van der Waals surface area contributed by atoms with Crippen LogP contribution < -0.4 is 4.74 Å². The molecule has 1 aliphatic heterocycles. The Labute approximate surface area is 132 Å². The minimum absolute atomic E-state index is 0.102. The maximum atomic E-state index is 11.5. The summed E-state index contributed by atoms with van der Waals surface area (Å²) in [6.07, 6.45) is 6.63. The average Bonchev–Trinajstić information content (AvgIpc) is 2.55. The number of hydrogen-bond acceptors (Lipinski definition) is 3. The van der Waals surface area contributed by atoms with Crippen LogP contribution in [0, 0.1) is 5.92 Å². The van der Waals surface area contributed by atoms with Gasteiger partial charge < -0.3 is 14.7 Å². The second-order valence-electron chi connectivity index (χ2n) is 6.67. The van der Waals surface area contributed by atoms with Crippen molar-refractivity contribution in [3.05, 3.63) is 29.8 Å². The molecule has 4 heteroatoms. The van der Waals surface area contributed by atoms with Gasteiger partial charge in [-0.1, -0.05) is 25.0 Å². The van der Waals surface area contributed by atoms with Gasteiger partial charge in [-0.05, 0) is 43.4 Å². The van der Waals surface area contributed by atoms with Gasteiger partial charge in [0.1, 0.15) is 5.75 Å². The molecule has 1 aliphatic carbocycles. The highest BCUT2D eigenvalue weighted by Crippen LogP contribution is 2.43. The number of fused-ring (bicyclic) bond motifs is 1. The number of carbonyl (C=O) groups excluding carboxylic acids is 1. The molecule has 0 radical (unpaired) electrons. The van der Waals surface area contributed by atoms with Gasteiger partial charge in [0.05, 0.1) is 12.7 Å². The van der Waals surface area contributed by atoms with Crippen molar-refractivity contribution in [3.63, 3.8) is 0 Å². The summed E-state index contributed by atoms with van der Waals surface area (Å²) in [5, 5.41) is 11.0. The van der Waals surface area contributed by atoms with Gasteiger partial charge in [0.2, 0.25) is 6.41 Å². The van der Waals surface area contributed by atoms with Crippen LogP contribution in [0.5, 0.6) is 5.75 Å². The number of methoxy groups -OCH3 is 1. The number of aliphatic hydroxyl groups is 1. The molecule has 0 bridgehead atoms. The normalized spacial score (nSPS) is 31.5. The molecule has 1 aromatic rings. The number of nitrogens with zero attached hydrogens (tertiary/aromatic N) is 1. The smallest absolute Gasteiger partial charge is 0.209 e. The van der Waals surface area contributed by atoms with E-state index in [-0.39, 0.29) is 12.0 Å². The Morgan fingerprint density at radius 3 is 2.77 bits per heavy atom. The molecular formula is C18H25NO3. The lowest BCUT2D eigenvalue weighted by atomic mass is 9.66. The third-order valence-electron chi connectivity index (χ3n) is 5.50. The maximum Gasteiger partial charge on any atom is 0.209 e. The van der Waals surface area contributed by atoms with Crippen LogP contribution in [0.4, 0.5) is 0 Å². The zero-order valence-corrected chi connectivity index (χ0v) is 13.2. The molecule has 4 nitrogen and oxygen atoms in total. The van der Waals surface area contributed by atoms with Crippen molar-refractivity contribution in [2.24, 2.45) is 5.92 Å². The van der Waals surface area contributed by atoms with Crippen molar-refractivity contribution >= 4 is 6.41 Å². The predicted octanol–water partition coefficient (Wildman–Crippen LogP) is 2.39. The molecular weight excluding hydrogens is 278 g/mol. The van der Waals surface area contributed by atoms with Crippen molar-refractivity contribution < 1.29 is 14.6 Å². The minimum atomic E-state index is -0.575. The predicted molar refractivity (Wildman–Crippen MR) is 84.8 cm³/mol. The quantitative estimate of drug-likeness (QED) is 0.869. The van der Waals surface area contributed by atoms with E-state index in [4.69, 9.17) is 4.74 Å². The largest absolute Gasteiger partial charge is 0.497 e. The lowest BCUT2D eigenvalue weighted by Gasteiger charge is -2.51. The van der Waals surface area contributed by atoms with Gasteiger partial charge in [-0.15, -0.1) is 0 Å². The van der Waals surface area contributed by atoms with Crippen LogP contribution in [0.3, 0.4) is 0 Å². The second-order valence-corrected chi connectivity index (χ2v) is 6.67. The zero-order valence-electron chi connectivity index (χ0n) is 13.2. The highest BCUT2D eigenvalue weighted by molar-refractivity contribution is 5.49. The van der Waals surface area contributed by atoms with Crippen molar-refractivity contribution in [1.82, 2.24) is 4.90 Å². The Morgan fingerprint density at radius 1 is 1.32 bits per heavy atom. The Balaban J connectivity index is 1.81. The first-order valence-corrected chi connectivity index (χ1v) is 8.22.